The van der Waals surface area contributed by atoms with Crippen molar-refractivity contribution in [2.45, 2.75) is 19.4 Å². The molecule has 1 amide bonds. The molecule has 0 saturated carbocycles. The smallest absolute Gasteiger partial charge is 0.256 e. The maximum Gasteiger partial charge on any atom is 0.256 e. The Morgan fingerprint density at radius 2 is 2.21 bits per heavy atom. The summed E-state index contributed by atoms with van der Waals surface area (Å²) in [4.78, 5) is 14.3. The van der Waals surface area contributed by atoms with Gasteiger partial charge in [-0.15, -0.1) is 0 Å². The first-order valence-electron chi connectivity index (χ1n) is 6.25. The molecule has 0 spiro atoms. The van der Waals surface area contributed by atoms with Crippen LogP contribution in [0, 0.1) is 0 Å². The lowest BCUT2D eigenvalue weighted by Crippen LogP contribution is -2.38. The lowest BCUT2D eigenvalue weighted by Gasteiger charge is -2.27. The van der Waals surface area contributed by atoms with Gasteiger partial charge in [0.05, 0.1) is 18.4 Å². The largest absolute Gasteiger partial charge is 0.495 e. The molecule has 0 aromatic heterocycles. The number of nitrogens with zero attached hydrogens (tertiary/aromatic N) is 1. The molecule has 0 aliphatic carbocycles. The average Bonchev–Trinajstić information content (AvgIpc) is 2.43. The quantitative estimate of drug-likeness (QED) is 0.814. The van der Waals surface area contributed by atoms with Crippen LogP contribution in [0.15, 0.2) is 18.2 Å². The molecule has 0 aliphatic rings. The topological polar surface area (TPSA) is 55.6 Å². The van der Waals surface area contributed by atoms with Gasteiger partial charge in [-0.25, -0.2) is 0 Å². The summed E-state index contributed by atoms with van der Waals surface area (Å²) in [5.41, 5.74) is 6.88. The van der Waals surface area contributed by atoms with Crippen LogP contribution in [-0.2, 0) is 0 Å². The van der Waals surface area contributed by atoms with Gasteiger partial charge in [-0.2, -0.15) is 11.8 Å². The molecule has 2 N–H and O–H groups in total. The highest BCUT2D eigenvalue weighted by atomic mass is 32.2. The fourth-order valence-corrected chi connectivity index (χ4v) is 2.80. The first-order valence-corrected chi connectivity index (χ1v) is 7.64. The minimum atomic E-state index is -0.0581. The van der Waals surface area contributed by atoms with E-state index in [-0.39, 0.29) is 11.9 Å². The number of anilines is 1. The van der Waals surface area contributed by atoms with E-state index in [2.05, 4.69) is 6.92 Å². The van der Waals surface area contributed by atoms with Crippen molar-refractivity contribution >= 4 is 23.4 Å². The first kappa shape index (κ1) is 15.7. The van der Waals surface area contributed by atoms with Gasteiger partial charge >= 0.3 is 0 Å². The van der Waals surface area contributed by atoms with Gasteiger partial charge in [0.25, 0.3) is 5.91 Å². The summed E-state index contributed by atoms with van der Waals surface area (Å²) < 4.78 is 5.15. The molecule has 0 bridgehead atoms. The van der Waals surface area contributed by atoms with Crippen LogP contribution < -0.4 is 10.5 Å². The average molecular weight is 282 g/mol. The molecule has 1 aromatic carbocycles. The van der Waals surface area contributed by atoms with Gasteiger partial charge < -0.3 is 15.4 Å². The Morgan fingerprint density at radius 3 is 2.74 bits per heavy atom. The fraction of sp³-hybridized carbons (Fsp3) is 0.500. The maximum atomic E-state index is 12.5. The number of benzene rings is 1. The van der Waals surface area contributed by atoms with Gasteiger partial charge in [0.1, 0.15) is 5.75 Å². The maximum absolute atomic E-state index is 12.5. The van der Waals surface area contributed by atoms with Crippen LogP contribution in [0.3, 0.4) is 0 Å². The normalized spacial score (nSPS) is 12.0. The van der Waals surface area contributed by atoms with Crippen molar-refractivity contribution in [2.24, 2.45) is 0 Å². The second-order valence-corrected chi connectivity index (χ2v) is 5.27. The molecule has 106 valence electrons. The number of hydrogen-bond donors (Lipinski definition) is 1. The Labute approximate surface area is 119 Å². The summed E-state index contributed by atoms with van der Waals surface area (Å²) in [7, 11) is 3.37. The van der Waals surface area contributed by atoms with Crippen molar-refractivity contribution in [2.75, 3.05) is 31.9 Å². The number of carbonyl (C=O) groups is 1. The number of nitrogen functional groups attached to an aromatic ring is 1. The van der Waals surface area contributed by atoms with Crippen LogP contribution in [0.25, 0.3) is 0 Å². The van der Waals surface area contributed by atoms with Crippen LogP contribution in [0.1, 0.15) is 23.7 Å². The van der Waals surface area contributed by atoms with E-state index in [1.165, 1.54) is 0 Å². The third-order valence-electron chi connectivity index (χ3n) is 3.21. The number of nitrogens with two attached hydrogens (primary N) is 1. The molecule has 4 nitrogen and oxygen atoms in total. The van der Waals surface area contributed by atoms with Crippen molar-refractivity contribution in [3.8, 4) is 5.75 Å². The second-order valence-electron chi connectivity index (χ2n) is 4.35. The highest BCUT2D eigenvalue weighted by Crippen LogP contribution is 2.26. The molecule has 0 aliphatic heterocycles. The molecule has 1 unspecified atom stereocenters. The third-order valence-corrected chi connectivity index (χ3v) is 3.93. The minimum absolute atomic E-state index is 0.0581. The summed E-state index contributed by atoms with van der Waals surface area (Å²) in [6.45, 7) is 2.08. The summed E-state index contributed by atoms with van der Waals surface area (Å²) in [6.07, 6.45) is 2.97. The number of ether oxygens (including phenoxy) is 1. The predicted octanol–water partition coefficient (Wildman–Crippen LogP) is 2.49. The van der Waals surface area contributed by atoms with Crippen molar-refractivity contribution in [1.29, 1.82) is 0 Å². The number of methoxy groups -OCH3 is 1. The number of para-hydroxylation sites is 1. The van der Waals surface area contributed by atoms with Crippen molar-refractivity contribution < 1.29 is 9.53 Å². The molecule has 0 fully saturated rings. The summed E-state index contributed by atoms with van der Waals surface area (Å²) in [6, 6.07) is 5.49. The lowest BCUT2D eigenvalue weighted by molar-refractivity contribution is 0.0744. The monoisotopic (exact) mass is 282 g/mol. The van der Waals surface area contributed by atoms with E-state index in [0.717, 1.165) is 12.2 Å². The van der Waals surface area contributed by atoms with E-state index in [0.29, 0.717) is 17.0 Å². The molecule has 5 heteroatoms. The number of carbonyl (C=O) groups excluding carboxylic acids is 1. The van der Waals surface area contributed by atoms with Crippen molar-refractivity contribution in [3.63, 3.8) is 0 Å². The zero-order chi connectivity index (χ0) is 14.4. The number of hydrogen-bond acceptors (Lipinski definition) is 4. The number of thioether (sulfide) groups is 1. The van der Waals surface area contributed by atoms with E-state index in [1.54, 1.807) is 42.0 Å². The zero-order valence-corrected chi connectivity index (χ0v) is 12.8. The second kappa shape index (κ2) is 7.28. The SMILES string of the molecule is CCC(CSC)N(C)C(=O)c1cccc(OC)c1N. The van der Waals surface area contributed by atoms with E-state index in [1.807, 2.05) is 13.3 Å². The summed E-state index contributed by atoms with van der Waals surface area (Å²) in [5.74, 6) is 1.40. The van der Waals surface area contributed by atoms with Gasteiger partial charge in [-0.1, -0.05) is 13.0 Å². The molecular weight excluding hydrogens is 260 g/mol. The number of rotatable bonds is 6. The minimum Gasteiger partial charge on any atom is -0.495 e. The molecule has 1 rings (SSSR count). The van der Waals surface area contributed by atoms with Crippen LogP contribution in [0.2, 0.25) is 0 Å². The molecule has 0 heterocycles. The van der Waals surface area contributed by atoms with E-state index >= 15 is 0 Å². The Morgan fingerprint density at radius 1 is 1.53 bits per heavy atom. The summed E-state index contributed by atoms with van der Waals surface area (Å²) in [5, 5.41) is 0. The van der Waals surface area contributed by atoms with Gasteiger partial charge in [-0.05, 0) is 24.8 Å². The molecule has 1 atom stereocenters. The zero-order valence-electron chi connectivity index (χ0n) is 12.0. The highest BCUT2D eigenvalue weighted by molar-refractivity contribution is 7.98. The van der Waals surface area contributed by atoms with Crippen molar-refractivity contribution in [1.82, 2.24) is 4.90 Å². The van der Waals surface area contributed by atoms with Crippen LogP contribution >= 0.6 is 11.8 Å². The first-order chi connectivity index (χ1) is 9.06. The Kier molecular flexibility index (Phi) is 6.02. The van der Waals surface area contributed by atoms with Crippen LogP contribution in [0.5, 0.6) is 5.75 Å². The van der Waals surface area contributed by atoms with Crippen LogP contribution in [-0.4, -0.2) is 43.0 Å². The van der Waals surface area contributed by atoms with Crippen LogP contribution in [0.4, 0.5) is 5.69 Å². The van der Waals surface area contributed by atoms with Gasteiger partial charge in [0.2, 0.25) is 0 Å². The third kappa shape index (κ3) is 3.56. The van der Waals surface area contributed by atoms with E-state index in [4.69, 9.17) is 10.5 Å². The van der Waals surface area contributed by atoms with E-state index < -0.39 is 0 Å². The van der Waals surface area contributed by atoms with Gasteiger partial charge in [0, 0.05) is 18.8 Å². The highest BCUT2D eigenvalue weighted by Gasteiger charge is 2.22. The molecule has 0 radical (unpaired) electrons. The number of amides is 1. The molecule has 1 aromatic rings. The Bertz CT molecular complexity index is 437. The van der Waals surface area contributed by atoms with Crippen molar-refractivity contribution in [3.05, 3.63) is 23.8 Å². The van der Waals surface area contributed by atoms with Gasteiger partial charge in [0.15, 0.2) is 0 Å². The van der Waals surface area contributed by atoms with E-state index in [9.17, 15) is 4.79 Å². The fourth-order valence-electron chi connectivity index (χ4n) is 1.96. The lowest BCUT2D eigenvalue weighted by atomic mass is 10.1. The standard InChI is InChI=1S/C14H22N2O2S/c1-5-10(9-19-4)16(2)14(17)11-7-6-8-12(18-3)13(11)15/h6-8,10H,5,9,15H2,1-4H3. The van der Waals surface area contributed by atoms with Gasteiger partial charge in [-0.3, -0.25) is 4.79 Å². The Balaban J connectivity index is 2.99. The molecule has 19 heavy (non-hydrogen) atoms. The molecular formula is C14H22N2O2S. The summed E-state index contributed by atoms with van der Waals surface area (Å²) >= 11 is 1.74. The predicted molar refractivity (Wildman–Crippen MR) is 82.0 cm³/mol. The Hall–Kier alpha value is -1.36. The molecule has 0 saturated heterocycles.